The molecule has 0 aromatic carbocycles. The molecule has 0 aliphatic heterocycles. The van der Waals surface area contributed by atoms with Gasteiger partial charge < -0.3 is 10.5 Å². The van der Waals surface area contributed by atoms with Crippen molar-refractivity contribution in [2.45, 2.75) is 18.9 Å². The monoisotopic (exact) mass is 259 g/mol. The van der Waals surface area contributed by atoms with E-state index in [1.165, 1.54) is 4.88 Å². The van der Waals surface area contributed by atoms with Gasteiger partial charge >= 0.3 is 5.97 Å². The highest BCUT2D eigenvalue weighted by Gasteiger charge is 2.13. The molecule has 2 N–H and O–H groups in total. The van der Waals surface area contributed by atoms with Crippen molar-refractivity contribution in [1.29, 1.82) is 0 Å². The van der Waals surface area contributed by atoms with Crippen molar-refractivity contribution < 1.29 is 9.53 Å². The van der Waals surface area contributed by atoms with Crippen molar-refractivity contribution in [3.8, 4) is 0 Å². The van der Waals surface area contributed by atoms with E-state index in [0.29, 0.717) is 13.0 Å². The molecule has 0 saturated heterocycles. The summed E-state index contributed by atoms with van der Waals surface area (Å²) in [4.78, 5) is 12.7. The van der Waals surface area contributed by atoms with Crippen LogP contribution in [0.1, 0.15) is 11.3 Å². The molecule has 0 aliphatic carbocycles. The summed E-state index contributed by atoms with van der Waals surface area (Å²) in [6.45, 7) is 0.423. The molecule has 0 amide bonds. The maximum Gasteiger partial charge on any atom is 0.322 e. The highest BCUT2D eigenvalue weighted by molar-refractivity contribution is 7.98. The SMILES string of the molecule is CSCCC(N)C(=O)OCCc1cccs1. The van der Waals surface area contributed by atoms with Gasteiger partial charge in [0.05, 0.1) is 6.61 Å². The zero-order valence-corrected chi connectivity index (χ0v) is 11.0. The zero-order chi connectivity index (χ0) is 11.8. The van der Waals surface area contributed by atoms with Crippen molar-refractivity contribution >= 4 is 29.1 Å². The highest BCUT2D eigenvalue weighted by Crippen LogP contribution is 2.09. The quantitative estimate of drug-likeness (QED) is 0.760. The van der Waals surface area contributed by atoms with Crippen molar-refractivity contribution in [1.82, 2.24) is 0 Å². The fourth-order valence-electron chi connectivity index (χ4n) is 1.18. The molecule has 0 saturated carbocycles. The molecule has 0 spiro atoms. The Bertz CT molecular complexity index is 301. The predicted molar refractivity (Wildman–Crippen MR) is 70.0 cm³/mol. The topological polar surface area (TPSA) is 52.3 Å². The van der Waals surface area contributed by atoms with Crippen LogP contribution in [0.15, 0.2) is 17.5 Å². The van der Waals surface area contributed by atoms with Gasteiger partial charge in [-0.1, -0.05) is 6.07 Å². The third-order valence-electron chi connectivity index (χ3n) is 2.11. The maximum absolute atomic E-state index is 11.4. The van der Waals surface area contributed by atoms with Crippen LogP contribution < -0.4 is 5.73 Å². The molecule has 1 aromatic rings. The van der Waals surface area contributed by atoms with E-state index < -0.39 is 6.04 Å². The summed E-state index contributed by atoms with van der Waals surface area (Å²) >= 11 is 3.35. The Balaban J connectivity index is 2.14. The van der Waals surface area contributed by atoms with Gasteiger partial charge in [-0.05, 0) is 29.9 Å². The number of rotatable bonds is 7. The molecular weight excluding hydrogens is 242 g/mol. The first-order chi connectivity index (χ1) is 7.74. The van der Waals surface area contributed by atoms with Crippen LogP contribution >= 0.6 is 23.1 Å². The molecule has 0 aliphatic rings. The second-order valence-corrected chi connectivity index (χ2v) is 5.40. The molecule has 1 atom stereocenters. The van der Waals surface area contributed by atoms with Gasteiger partial charge in [0, 0.05) is 11.3 Å². The van der Waals surface area contributed by atoms with Crippen LogP contribution in [0.4, 0.5) is 0 Å². The molecule has 5 heteroatoms. The summed E-state index contributed by atoms with van der Waals surface area (Å²) < 4.78 is 5.11. The molecule has 16 heavy (non-hydrogen) atoms. The van der Waals surface area contributed by atoms with Gasteiger partial charge in [-0.3, -0.25) is 4.79 Å². The molecule has 1 unspecified atom stereocenters. The predicted octanol–water partition coefficient (Wildman–Crippen LogP) is 1.91. The van der Waals surface area contributed by atoms with Crippen molar-refractivity contribution in [2.75, 3.05) is 18.6 Å². The average molecular weight is 259 g/mol. The fraction of sp³-hybridized carbons (Fsp3) is 0.545. The lowest BCUT2D eigenvalue weighted by Crippen LogP contribution is -2.33. The standard InChI is InChI=1S/C11H17NO2S2/c1-15-8-5-10(12)11(13)14-6-4-9-3-2-7-16-9/h2-3,7,10H,4-6,8,12H2,1H3. The number of carbonyl (C=O) groups is 1. The van der Waals surface area contributed by atoms with Crippen LogP contribution in [-0.4, -0.2) is 30.6 Å². The van der Waals surface area contributed by atoms with E-state index in [9.17, 15) is 4.79 Å². The Kier molecular flexibility index (Phi) is 6.52. The summed E-state index contributed by atoms with van der Waals surface area (Å²) in [5.41, 5.74) is 5.68. The van der Waals surface area contributed by atoms with Gasteiger partial charge in [0.1, 0.15) is 6.04 Å². The molecule has 3 nitrogen and oxygen atoms in total. The third kappa shape index (κ3) is 5.01. The summed E-state index contributed by atoms with van der Waals surface area (Å²) in [5, 5.41) is 2.02. The Morgan fingerprint density at radius 1 is 1.69 bits per heavy atom. The van der Waals surface area contributed by atoms with E-state index in [0.717, 1.165) is 12.2 Å². The Morgan fingerprint density at radius 2 is 2.50 bits per heavy atom. The number of thiophene rings is 1. The number of carbonyl (C=O) groups excluding carboxylic acids is 1. The summed E-state index contributed by atoms with van der Waals surface area (Å²) in [7, 11) is 0. The van der Waals surface area contributed by atoms with Crippen LogP contribution in [0, 0.1) is 0 Å². The summed E-state index contributed by atoms with van der Waals surface area (Å²) in [6, 6.07) is 3.55. The van der Waals surface area contributed by atoms with E-state index in [2.05, 4.69) is 0 Å². The average Bonchev–Trinajstić information content (AvgIpc) is 2.78. The molecule has 0 fully saturated rings. The molecule has 1 heterocycles. The minimum Gasteiger partial charge on any atom is -0.464 e. The van der Waals surface area contributed by atoms with Gasteiger partial charge in [-0.2, -0.15) is 11.8 Å². The van der Waals surface area contributed by atoms with Gasteiger partial charge in [-0.15, -0.1) is 11.3 Å². The first-order valence-corrected chi connectivity index (χ1v) is 7.45. The van der Waals surface area contributed by atoms with Crippen molar-refractivity contribution in [3.05, 3.63) is 22.4 Å². The lowest BCUT2D eigenvalue weighted by atomic mass is 10.2. The van der Waals surface area contributed by atoms with Crippen LogP contribution in [0.5, 0.6) is 0 Å². The molecule has 90 valence electrons. The van der Waals surface area contributed by atoms with Crippen LogP contribution in [0.2, 0.25) is 0 Å². The summed E-state index contributed by atoms with van der Waals surface area (Å²) in [6.07, 6.45) is 3.45. The summed E-state index contributed by atoms with van der Waals surface area (Å²) in [5.74, 6) is 0.604. The fourth-order valence-corrected chi connectivity index (χ4v) is 2.36. The van der Waals surface area contributed by atoms with E-state index in [1.807, 2.05) is 23.8 Å². The Labute approximate surface area is 104 Å². The second-order valence-electron chi connectivity index (χ2n) is 3.38. The molecular formula is C11H17NO2S2. The van der Waals surface area contributed by atoms with Crippen molar-refractivity contribution in [3.63, 3.8) is 0 Å². The first-order valence-electron chi connectivity index (χ1n) is 5.17. The van der Waals surface area contributed by atoms with Gasteiger partial charge in [-0.25, -0.2) is 0 Å². The second kappa shape index (κ2) is 7.70. The van der Waals surface area contributed by atoms with E-state index >= 15 is 0 Å². The number of ether oxygens (including phenoxy) is 1. The van der Waals surface area contributed by atoms with E-state index in [1.54, 1.807) is 23.1 Å². The zero-order valence-electron chi connectivity index (χ0n) is 9.35. The minimum atomic E-state index is -0.476. The largest absolute Gasteiger partial charge is 0.464 e. The number of hydrogen-bond acceptors (Lipinski definition) is 5. The van der Waals surface area contributed by atoms with E-state index in [4.69, 9.17) is 10.5 Å². The minimum absolute atomic E-state index is 0.286. The number of hydrogen-bond donors (Lipinski definition) is 1. The third-order valence-corrected chi connectivity index (χ3v) is 3.69. The first kappa shape index (κ1) is 13.5. The van der Waals surface area contributed by atoms with Gasteiger partial charge in [0.25, 0.3) is 0 Å². The Morgan fingerprint density at radius 3 is 3.12 bits per heavy atom. The van der Waals surface area contributed by atoms with Crippen LogP contribution in [0.25, 0.3) is 0 Å². The lowest BCUT2D eigenvalue weighted by molar-refractivity contribution is -0.145. The van der Waals surface area contributed by atoms with Crippen LogP contribution in [0.3, 0.4) is 0 Å². The highest BCUT2D eigenvalue weighted by atomic mass is 32.2. The lowest BCUT2D eigenvalue weighted by Gasteiger charge is -2.10. The van der Waals surface area contributed by atoms with Gasteiger partial charge in [0.2, 0.25) is 0 Å². The molecule has 1 rings (SSSR count). The molecule has 1 aromatic heterocycles. The molecule has 0 bridgehead atoms. The number of thioether (sulfide) groups is 1. The smallest absolute Gasteiger partial charge is 0.322 e. The van der Waals surface area contributed by atoms with E-state index in [-0.39, 0.29) is 5.97 Å². The normalized spacial score (nSPS) is 12.4. The number of esters is 1. The maximum atomic E-state index is 11.4. The van der Waals surface area contributed by atoms with Crippen molar-refractivity contribution in [2.24, 2.45) is 5.73 Å². The molecule has 0 radical (unpaired) electrons. The number of nitrogens with two attached hydrogens (primary N) is 1. The van der Waals surface area contributed by atoms with Crippen LogP contribution in [-0.2, 0) is 16.0 Å². The van der Waals surface area contributed by atoms with Gasteiger partial charge in [0.15, 0.2) is 0 Å². The Hall–Kier alpha value is -0.520.